The first-order chi connectivity index (χ1) is 12.2. The van der Waals surface area contributed by atoms with Gasteiger partial charge in [0.15, 0.2) is 0 Å². The Bertz CT molecular complexity index is 738. The molecule has 2 aromatic rings. The van der Waals surface area contributed by atoms with Crippen molar-refractivity contribution in [3.63, 3.8) is 0 Å². The molecule has 132 valence electrons. The van der Waals surface area contributed by atoms with Gasteiger partial charge in [-0.15, -0.1) is 0 Å². The van der Waals surface area contributed by atoms with Gasteiger partial charge >= 0.3 is 0 Å². The zero-order valence-corrected chi connectivity index (χ0v) is 14.4. The topological polar surface area (TPSA) is 57.9 Å². The maximum Gasteiger partial charge on any atom is 0.274 e. The van der Waals surface area contributed by atoms with Crippen molar-refractivity contribution in [1.82, 2.24) is 19.2 Å². The van der Waals surface area contributed by atoms with Crippen molar-refractivity contribution < 1.29 is 9.59 Å². The number of hydrogen-bond donors (Lipinski definition) is 0. The van der Waals surface area contributed by atoms with Crippen LogP contribution in [-0.2, 0) is 4.79 Å². The van der Waals surface area contributed by atoms with Gasteiger partial charge in [0.1, 0.15) is 11.3 Å². The highest BCUT2D eigenvalue weighted by Crippen LogP contribution is 2.23. The Morgan fingerprint density at radius 3 is 2.44 bits per heavy atom. The van der Waals surface area contributed by atoms with Gasteiger partial charge in [0, 0.05) is 44.5 Å². The minimum atomic E-state index is -0.0347. The van der Waals surface area contributed by atoms with E-state index in [2.05, 4.69) is 4.98 Å². The van der Waals surface area contributed by atoms with Crippen LogP contribution in [0.3, 0.4) is 0 Å². The molecule has 2 aliphatic heterocycles. The molecule has 0 saturated carbocycles. The van der Waals surface area contributed by atoms with E-state index in [1.807, 2.05) is 38.6 Å². The minimum absolute atomic E-state index is 0.0347. The van der Waals surface area contributed by atoms with E-state index < -0.39 is 0 Å². The summed E-state index contributed by atoms with van der Waals surface area (Å²) in [5, 5.41) is 0. The van der Waals surface area contributed by atoms with Crippen LogP contribution >= 0.6 is 0 Å². The second-order valence-electron chi connectivity index (χ2n) is 7.04. The van der Waals surface area contributed by atoms with Crippen LogP contribution in [0.4, 0.5) is 0 Å². The van der Waals surface area contributed by atoms with Crippen LogP contribution < -0.4 is 0 Å². The van der Waals surface area contributed by atoms with Gasteiger partial charge < -0.3 is 14.2 Å². The highest BCUT2D eigenvalue weighted by Gasteiger charge is 2.31. The molecule has 2 saturated heterocycles. The SMILES string of the molecule is O=C(c1cn2ccccc2n1)N1CCC(C(=O)N2CCCCC2)CC1. The van der Waals surface area contributed by atoms with E-state index in [0.717, 1.165) is 44.4 Å². The summed E-state index contributed by atoms with van der Waals surface area (Å²) in [6.45, 7) is 3.08. The fraction of sp³-hybridized carbons (Fsp3) is 0.526. The second-order valence-corrected chi connectivity index (χ2v) is 7.04. The third kappa shape index (κ3) is 3.25. The molecule has 2 fully saturated rings. The molecular formula is C19H24N4O2. The lowest BCUT2D eigenvalue weighted by Gasteiger charge is -2.35. The van der Waals surface area contributed by atoms with E-state index in [4.69, 9.17) is 0 Å². The van der Waals surface area contributed by atoms with Gasteiger partial charge in [0.25, 0.3) is 5.91 Å². The highest BCUT2D eigenvalue weighted by atomic mass is 16.2. The molecule has 0 aromatic carbocycles. The summed E-state index contributed by atoms with van der Waals surface area (Å²) in [6.07, 6.45) is 8.66. The number of amides is 2. The van der Waals surface area contributed by atoms with Crippen molar-refractivity contribution in [2.75, 3.05) is 26.2 Å². The first kappa shape index (κ1) is 16.1. The van der Waals surface area contributed by atoms with E-state index in [0.29, 0.717) is 24.7 Å². The molecule has 0 spiro atoms. The molecular weight excluding hydrogens is 316 g/mol. The number of hydrogen-bond acceptors (Lipinski definition) is 3. The third-order valence-corrected chi connectivity index (χ3v) is 5.38. The van der Waals surface area contributed by atoms with Gasteiger partial charge in [0.05, 0.1) is 0 Å². The van der Waals surface area contributed by atoms with Crippen molar-refractivity contribution in [2.45, 2.75) is 32.1 Å². The fourth-order valence-corrected chi connectivity index (χ4v) is 3.90. The normalized spacial score (nSPS) is 19.4. The first-order valence-electron chi connectivity index (χ1n) is 9.24. The number of imidazole rings is 1. The Kier molecular flexibility index (Phi) is 4.42. The summed E-state index contributed by atoms with van der Waals surface area (Å²) < 4.78 is 1.86. The smallest absolute Gasteiger partial charge is 0.274 e. The molecule has 0 atom stereocenters. The summed E-state index contributed by atoms with van der Waals surface area (Å²) in [6, 6.07) is 5.72. The molecule has 6 nitrogen and oxygen atoms in total. The lowest BCUT2D eigenvalue weighted by atomic mass is 9.94. The minimum Gasteiger partial charge on any atom is -0.342 e. The van der Waals surface area contributed by atoms with Gasteiger partial charge in [-0.3, -0.25) is 9.59 Å². The molecule has 4 rings (SSSR count). The van der Waals surface area contributed by atoms with Crippen molar-refractivity contribution in [3.8, 4) is 0 Å². The van der Waals surface area contributed by atoms with Gasteiger partial charge in [-0.25, -0.2) is 4.98 Å². The largest absolute Gasteiger partial charge is 0.342 e. The third-order valence-electron chi connectivity index (χ3n) is 5.38. The number of pyridine rings is 1. The molecule has 2 amide bonds. The van der Waals surface area contributed by atoms with E-state index in [9.17, 15) is 9.59 Å². The number of carbonyl (C=O) groups excluding carboxylic acids is 2. The molecule has 25 heavy (non-hydrogen) atoms. The Labute approximate surface area is 147 Å². The predicted octanol–water partition coefficient (Wildman–Crippen LogP) is 2.20. The highest BCUT2D eigenvalue weighted by molar-refractivity contribution is 5.93. The van der Waals surface area contributed by atoms with Crippen LogP contribution in [0.15, 0.2) is 30.6 Å². The Hall–Kier alpha value is -2.37. The molecule has 0 radical (unpaired) electrons. The van der Waals surface area contributed by atoms with Crippen LogP contribution in [-0.4, -0.2) is 57.2 Å². The van der Waals surface area contributed by atoms with Crippen LogP contribution in [0.2, 0.25) is 0 Å². The lowest BCUT2D eigenvalue weighted by molar-refractivity contribution is -0.137. The van der Waals surface area contributed by atoms with Crippen molar-refractivity contribution in [3.05, 3.63) is 36.3 Å². The fourth-order valence-electron chi connectivity index (χ4n) is 3.90. The quantitative estimate of drug-likeness (QED) is 0.842. The van der Waals surface area contributed by atoms with Gasteiger partial charge in [-0.05, 0) is 44.2 Å². The van der Waals surface area contributed by atoms with Gasteiger partial charge in [-0.1, -0.05) is 6.07 Å². The monoisotopic (exact) mass is 340 g/mol. The number of fused-ring (bicyclic) bond motifs is 1. The van der Waals surface area contributed by atoms with Crippen molar-refractivity contribution in [2.24, 2.45) is 5.92 Å². The molecule has 6 heteroatoms. The molecule has 0 N–H and O–H groups in total. The molecule has 4 heterocycles. The molecule has 0 bridgehead atoms. The molecule has 2 aromatic heterocycles. The maximum atomic E-state index is 12.7. The Morgan fingerprint density at radius 1 is 0.960 bits per heavy atom. The summed E-state index contributed by atoms with van der Waals surface area (Å²) in [5.41, 5.74) is 1.26. The number of likely N-dealkylation sites (tertiary alicyclic amines) is 2. The summed E-state index contributed by atoms with van der Waals surface area (Å²) in [4.78, 5) is 33.6. The average Bonchev–Trinajstić information content (AvgIpc) is 3.12. The molecule has 0 unspecified atom stereocenters. The maximum absolute atomic E-state index is 12.7. The number of rotatable bonds is 2. The number of nitrogens with zero attached hydrogens (tertiary/aromatic N) is 4. The standard InChI is InChI=1S/C19H24N4O2/c24-18(21-9-3-1-4-10-21)15-7-12-22(13-8-15)19(25)16-14-23-11-5-2-6-17(23)20-16/h2,5-6,11,14-15H,1,3-4,7-10,12-13H2. The Morgan fingerprint density at radius 2 is 1.72 bits per heavy atom. The lowest BCUT2D eigenvalue weighted by Crippen LogP contribution is -2.45. The first-order valence-corrected chi connectivity index (χ1v) is 9.24. The van der Waals surface area contributed by atoms with E-state index >= 15 is 0 Å². The number of carbonyl (C=O) groups is 2. The average molecular weight is 340 g/mol. The summed E-state index contributed by atoms with van der Waals surface area (Å²) >= 11 is 0. The zero-order valence-electron chi connectivity index (χ0n) is 14.4. The molecule has 0 aliphatic carbocycles. The summed E-state index contributed by atoms with van der Waals surface area (Å²) in [7, 11) is 0. The second kappa shape index (κ2) is 6.86. The Balaban J connectivity index is 1.37. The van der Waals surface area contributed by atoms with Crippen LogP contribution in [0, 0.1) is 5.92 Å². The predicted molar refractivity (Wildman–Crippen MR) is 94.3 cm³/mol. The van der Waals surface area contributed by atoms with E-state index in [1.54, 1.807) is 6.20 Å². The summed E-state index contributed by atoms with van der Waals surface area (Å²) in [5.74, 6) is 0.329. The van der Waals surface area contributed by atoms with Gasteiger partial charge in [-0.2, -0.15) is 0 Å². The number of aromatic nitrogens is 2. The van der Waals surface area contributed by atoms with Crippen LogP contribution in [0.25, 0.3) is 5.65 Å². The van der Waals surface area contributed by atoms with Crippen molar-refractivity contribution >= 4 is 17.5 Å². The number of piperidine rings is 2. The van der Waals surface area contributed by atoms with Gasteiger partial charge in [0.2, 0.25) is 5.91 Å². The van der Waals surface area contributed by atoms with Crippen LogP contribution in [0.5, 0.6) is 0 Å². The zero-order chi connectivity index (χ0) is 17.2. The molecule has 2 aliphatic rings. The van der Waals surface area contributed by atoms with Crippen molar-refractivity contribution in [1.29, 1.82) is 0 Å². The van der Waals surface area contributed by atoms with E-state index in [-0.39, 0.29) is 11.8 Å². The van der Waals surface area contributed by atoms with E-state index in [1.165, 1.54) is 6.42 Å². The van der Waals surface area contributed by atoms with Crippen LogP contribution in [0.1, 0.15) is 42.6 Å².